The summed E-state index contributed by atoms with van der Waals surface area (Å²) in [4.78, 5) is 13.6. The van der Waals surface area contributed by atoms with Gasteiger partial charge in [0.05, 0.1) is 5.75 Å². The summed E-state index contributed by atoms with van der Waals surface area (Å²) in [6.45, 7) is 1.57. The maximum Gasteiger partial charge on any atom is 0.191 e. The molecule has 6 nitrogen and oxygen atoms in total. The second-order valence-corrected chi connectivity index (χ2v) is 8.67. The van der Waals surface area contributed by atoms with Gasteiger partial charge in [-0.25, -0.2) is 0 Å². The minimum absolute atomic E-state index is 0.0324. The molecule has 0 unspecified atom stereocenters. The van der Waals surface area contributed by atoms with Gasteiger partial charge in [0.2, 0.25) is 0 Å². The van der Waals surface area contributed by atoms with Gasteiger partial charge in [-0.3, -0.25) is 4.79 Å². The second-order valence-electron chi connectivity index (χ2n) is 6.70. The van der Waals surface area contributed by atoms with Crippen LogP contribution in [0, 0.1) is 11.3 Å². The highest BCUT2D eigenvalue weighted by Crippen LogP contribution is 2.33. The number of thioether (sulfide) groups is 1. The summed E-state index contributed by atoms with van der Waals surface area (Å²) in [6.07, 6.45) is 6.66. The van der Waals surface area contributed by atoms with Gasteiger partial charge >= 0.3 is 0 Å². The summed E-state index contributed by atoms with van der Waals surface area (Å²) in [5.41, 5.74) is 5.93. The van der Waals surface area contributed by atoms with Crippen molar-refractivity contribution in [1.29, 1.82) is 5.26 Å². The Morgan fingerprint density at radius 3 is 2.81 bits per heavy atom. The average molecular weight is 402 g/mol. The molecule has 2 aromatic rings. The molecule has 1 fully saturated rings. The molecule has 1 aliphatic rings. The zero-order chi connectivity index (χ0) is 19.2. The lowest BCUT2D eigenvalue weighted by atomic mass is 9.95. The van der Waals surface area contributed by atoms with E-state index in [1.807, 2.05) is 12.1 Å². The van der Waals surface area contributed by atoms with Gasteiger partial charge in [0, 0.05) is 23.0 Å². The predicted octanol–water partition coefficient (Wildman–Crippen LogP) is 3.85. The van der Waals surface area contributed by atoms with E-state index in [9.17, 15) is 4.79 Å². The first-order valence-corrected chi connectivity index (χ1v) is 10.9. The maximum atomic E-state index is 12.3. The lowest BCUT2D eigenvalue weighted by molar-refractivity contribution is -0.112. The molecular weight excluding hydrogens is 378 g/mol. The van der Waals surface area contributed by atoms with Crippen LogP contribution < -0.4 is 5.73 Å². The van der Waals surface area contributed by atoms with Crippen molar-refractivity contribution in [2.24, 2.45) is 5.73 Å². The Morgan fingerprint density at radius 1 is 1.41 bits per heavy atom. The minimum Gasteiger partial charge on any atom is -0.401 e. The third-order valence-electron chi connectivity index (χ3n) is 4.70. The molecule has 0 saturated heterocycles. The monoisotopic (exact) mass is 401 g/mol. The molecule has 2 aromatic heterocycles. The number of carbonyl (C=O) groups excluding carboxylic acids is 1. The molecule has 0 aromatic carbocycles. The van der Waals surface area contributed by atoms with E-state index in [0.717, 1.165) is 30.2 Å². The van der Waals surface area contributed by atoms with Gasteiger partial charge in [0.25, 0.3) is 0 Å². The van der Waals surface area contributed by atoms with Gasteiger partial charge in [-0.05, 0) is 31.2 Å². The van der Waals surface area contributed by atoms with E-state index >= 15 is 0 Å². The van der Waals surface area contributed by atoms with Gasteiger partial charge in [-0.2, -0.15) is 5.26 Å². The molecule has 0 radical (unpaired) electrons. The summed E-state index contributed by atoms with van der Waals surface area (Å²) < 4.78 is 2.22. The lowest BCUT2D eigenvalue weighted by Gasteiger charge is -2.25. The molecule has 1 aliphatic carbocycles. The first-order chi connectivity index (χ1) is 13.1. The fourth-order valence-electron chi connectivity index (χ4n) is 3.37. The first kappa shape index (κ1) is 19.6. The Labute approximate surface area is 167 Å². The largest absolute Gasteiger partial charge is 0.401 e. The third kappa shape index (κ3) is 4.79. The van der Waals surface area contributed by atoms with Crippen LogP contribution in [0.1, 0.15) is 55.8 Å². The Morgan fingerprint density at radius 2 is 2.19 bits per heavy atom. The number of aromatic nitrogens is 3. The number of ketones is 1. The molecule has 2 heterocycles. The van der Waals surface area contributed by atoms with Crippen LogP contribution in [0.2, 0.25) is 0 Å². The second kappa shape index (κ2) is 9.20. The van der Waals surface area contributed by atoms with Crippen molar-refractivity contribution in [3.8, 4) is 6.07 Å². The molecule has 142 valence electrons. The van der Waals surface area contributed by atoms with Gasteiger partial charge < -0.3 is 10.3 Å². The smallest absolute Gasteiger partial charge is 0.191 e. The van der Waals surface area contributed by atoms with Crippen LogP contribution in [0.15, 0.2) is 33.9 Å². The molecule has 3 rings (SSSR count). The third-order valence-corrected chi connectivity index (χ3v) is 6.52. The molecule has 8 heteroatoms. The van der Waals surface area contributed by atoms with Gasteiger partial charge in [0.1, 0.15) is 17.5 Å². The van der Waals surface area contributed by atoms with Crippen molar-refractivity contribution >= 4 is 28.9 Å². The quantitative estimate of drug-likeness (QED) is 0.430. The number of carbonyl (C=O) groups is 1. The summed E-state index contributed by atoms with van der Waals surface area (Å²) in [7, 11) is 0. The first-order valence-electron chi connectivity index (χ1n) is 9.08. The van der Waals surface area contributed by atoms with Crippen LogP contribution in [0.3, 0.4) is 0 Å². The fraction of sp³-hybridized carbons (Fsp3) is 0.474. The van der Waals surface area contributed by atoms with Crippen molar-refractivity contribution in [2.75, 3.05) is 5.75 Å². The number of thiophene rings is 1. The highest BCUT2D eigenvalue weighted by atomic mass is 32.2. The molecule has 2 N–H and O–H groups in total. The van der Waals surface area contributed by atoms with Crippen LogP contribution in [0.5, 0.6) is 0 Å². The lowest BCUT2D eigenvalue weighted by Crippen LogP contribution is -2.17. The summed E-state index contributed by atoms with van der Waals surface area (Å²) in [5.74, 6) is 0.826. The van der Waals surface area contributed by atoms with E-state index in [4.69, 9.17) is 11.0 Å². The van der Waals surface area contributed by atoms with Crippen molar-refractivity contribution in [2.45, 2.75) is 56.6 Å². The number of rotatable bonds is 7. The number of nitrogens with two attached hydrogens (primary N) is 1. The maximum absolute atomic E-state index is 12.3. The number of allylic oxidation sites excluding steroid dienone is 2. The van der Waals surface area contributed by atoms with Crippen LogP contribution in [-0.4, -0.2) is 26.3 Å². The topological polar surface area (TPSA) is 97.6 Å². The Kier molecular flexibility index (Phi) is 6.69. The van der Waals surface area contributed by atoms with E-state index in [1.165, 1.54) is 35.9 Å². The summed E-state index contributed by atoms with van der Waals surface area (Å²) in [5, 5.41) is 20.7. The number of Topliss-reactive ketones (excluding diaryl/α,β-unsaturated/α-hetero) is 1. The zero-order valence-electron chi connectivity index (χ0n) is 15.4. The molecule has 0 amide bonds. The van der Waals surface area contributed by atoms with Crippen LogP contribution in [-0.2, 0) is 11.2 Å². The van der Waals surface area contributed by atoms with Crippen molar-refractivity contribution < 1.29 is 4.79 Å². The average Bonchev–Trinajstić information content (AvgIpc) is 3.31. The molecule has 0 spiro atoms. The Hall–Kier alpha value is -2.11. The molecule has 1 saturated carbocycles. The highest BCUT2D eigenvalue weighted by molar-refractivity contribution is 7.99. The van der Waals surface area contributed by atoms with Gasteiger partial charge in [-0.15, -0.1) is 21.5 Å². The van der Waals surface area contributed by atoms with Crippen LogP contribution in [0.4, 0.5) is 0 Å². The fourth-order valence-corrected chi connectivity index (χ4v) is 4.97. The molecule has 0 atom stereocenters. The highest BCUT2D eigenvalue weighted by Gasteiger charge is 2.24. The van der Waals surface area contributed by atoms with Gasteiger partial charge in [0.15, 0.2) is 10.9 Å². The molecule has 27 heavy (non-hydrogen) atoms. The molecule has 0 aliphatic heterocycles. The number of hydrogen-bond donors (Lipinski definition) is 1. The SMILES string of the molecule is C/C(N)=C(\C#N)C(=O)CSc1nnc(Cc2cccs2)n1C1CCCCC1. The van der Waals surface area contributed by atoms with Gasteiger partial charge in [-0.1, -0.05) is 37.1 Å². The summed E-state index contributed by atoms with van der Waals surface area (Å²) >= 11 is 3.06. The minimum atomic E-state index is -0.263. The van der Waals surface area contributed by atoms with E-state index < -0.39 is 0 Å². The summed E-state index contributed by atoms with van der Waals surface area (Å²) in [6, 6.07) is 6.43. The number of hydrogen-bond acceptors (Lipinski definition) is 7. The number of nitrogens with zero attached hydrogens (tertiary/aromatic N) is 4. The predicted molar refractivity (Wildman–Crippen MR) is 108 cm³/mol. The van der Waals surface area contributed by atoms with Crippen LogP contribution >= 0.6 is 23.1 Å². The zero-order valence-corrected chi connectivity index (χ0v) is 17.0. The van der Waals surface area contributed by atoms with E-state index in [0.29, 0.717) is 6.04 Å². The Bertz CT molecular complexity index is 853. The normalized spacial score (nSPS) is 16.0. The van der Waals surface area contributed by atoms with Crippen molar-refractivity contribution in [1.82, 2.24) is 14.8 Å². The van der Waals surface area contributed by atoms with E-state index in [-0.39, 0.29) is 22.8 Å². The number of nitriles is 1. The van der Waals surface area contributed by atoms with Crippen molar-refractivity contribution in [3.05, 3.63) is 39.5 Å². The molecule has 0 bridgehead atoms. The van der Waals surface area contributed by atoms with Crippen LogP contribution in [0.25, 0.3) is 0 Å². The standard InChI is InChI=1S/C19H23N5OS2/c1-13(21)16(11-20)17(25)12-27-19-23-22-18(10-15-8-5-9-26-15)24(19)14-6-3-2-4-7-14/h5,8-9,14H,2-4,6-7,10,12,21H2,1H3/b16-13-. The van der Waals surface area contributed by atoms with E-state index in [1.54, 1.807) is 18.3 Å². The molecular formula is C19H23N5OS2. The Balaban J connectivity index is 1.81. The van der Waals surface area contributed by atoms with Crippen molar-refractivity contribution in [3.63, 3.8) is 0 Å². The van der Waals surface area contributed by atoms with E-state index in [2.05, 4.69) is 26.2 Å².